The van der Waals surface area contributed by atoms with Crippen molar-refractivity contribution >= 4 is 11.7 Å². The Hall–Kier alpha value is -1.58. The quantitative estimate of drug-likeness (QED) is 0.790. The molecule has 0 radical (unpaired) electrons. The maximum absolute atomic E-state index is 13.7. The number of carbonyl (C=O) groups excluding carboxylic acids is 1. The van der Waals surface area contributed by atoms with Crippen LogP contribution in [0.3, 0.4) is 0 Å². The molecule has 2 amide bonds. The summed E-state index contributed by atoms with van der Waals surface area (Å²) in [4.78, 5) is 15.7. The smallest absolute Gasteiger partial charge is 0.324 e. The third-order valence-electron chi connectivity index (χ3n) is 3.32. The number of anilines is 1. The first kappa shape index (κ1) is 12.9. The van der Waals surface area contributed by atoms with Gasteiger partial charge in [-0.2, -0.15) is 0 Å². The maximum Gasteiger partial charge on any atom is 0.324 e. The predicted molar refractivity (Wildman–Crippen MR) is 70.2 cm³/mol. The molecule has 4 heteroatoms. The standard InChI is InChI=1S/C14H19FN2O/c1-2-17(13-9-5-4-8-12(13)15)14(18)16-10-6-3-7-11-16/h4-5,8-9H,2-3,6-7,10-11H2,1H3. The van der Waals surface area contributed by atoms with Crippen molar-refractivity contribution in [2.24, 2.45) is 0 Å². The Morgan fingerprint density at radius 3 is 2.56 bits per heavy atom. The average Bonchev–Trinajstić information content (AvgIpc) is 2.42. The van der Waals surface area contributed by atoms with Crippen molar-refractivity contribution in [1.29, 1.82) is 0 Å². The molecule has 0 N–H and O–H groups in total. The zero-order valence-corrected chi connectivity index (χ0v) is 10.7. The number of urea groups is 1. The molecule has 1 aromatic carbocycles. The molecule has 1 aliphatic heterocycles. The lowest BCUT2D eigenvalue weighted by atomic mass is 10.1. The Kier molecular flexibility index (Phi) is 4.18. The number of para-hydroxylation sites is 1. The monoisotopic (exact) mass is 250 g/mol. The van der Waals surface area contributed by atoms with E-state index in [1.807, 2.05) is 11.8 Å². The first-order valence-electron chi connectivity index (χ1n) is 6.55. The molecular formula is C14H19FN2O. The number of hydrogen-bond donors (Lipinski definition) is 0. The van der Waals surface area contributed by atoms with Gasteiger partial charge in [-0.15, -0.1) is 0 Å². The lowest BCUT2D eigenvalue weighted by Crippen LogP contribution is -2.45. The molecule has 0 unspecified atom stereocenters. The Morgan fingerprint density at radius 2 is 1.94 bits per heavy atom. The minimum Gasteiger partial charge on any atom is -0.324 e. The molecule has 1 fully saturated rings. The Morgan fingerprint density at radius 1 is 1.28 bits per heavy atom. The second kappa shape index (κ2) is 5.85. The summed E-state index contributed by atoms with van der Waals surface area (Å²) < 4.78 is 13.7. The van der Waals surface area contributed by atoms with Gasteiger partial charge < -0.3 is 4.90 Å². The number of benzene rings is 1. The molecule has 0 aliphatic carbocycles. The molecule has 18 heavy (non-hydrogen) atoms. The number of rotatable bonds is 2. The van der Waals surface area contributed by atoms with E-state index in [9.17, 15) is 9.18 Å². The lowest BCUT2D eigenvalue weighted by molar-refractivity contribution is 0.193. The van der Waals surface area contributed by atoms with Crippen molar-refractivity contribution in [3.05, 3.63) is 30.1 Å². The number of hydrogen-bond acceptors (Lipinski definition) is 1. The van der Waals surface area contributed by atoms with Crippen LogP contribution in [0.2, 0.25) is 0 Å². The van der Waals surface area contributed by atoms with E-state index in [-0.39, 0.29) is 11.8 Å². The van der Waals surface area contributed by atoms with Gasteiger partial charge in [0.25, 0.3) is 0 Å². The summed E-state index contributed by atoms with van der Waals surface area (Å²) in [5.74, 6) is -0.343. The normalized spacial score (nSPS) is 15.6. The van der Waals surface area contributed by atoms with Crippen LogP contribution in [0.15, 0.2) is 24.3 Å². The topological polar surface area (TPSA) is 23.6 Å². The number of halogens is 1. The molecule has 0 bridgehead atoms. The van der Waals surface area contributed by atoms with Gasteiger partial charge in [0.05, 0.1) is 5.69 Å². The van der Waals surface area contributed by atoms with E-state index in [2.05, 4.69) is 0 Å². The van der Waals surface area contributed by atoms with Crippen LogP contribution in [-0.4, -0.2) is 30.6 Å². The van der Waals surface area contributed by atoms with E-state index in [1.165, 1.54) is 17.4 Å². The van der Waals surface area contributed by atoms with Gasteiger partial charge in [-0.1, -0.05) is 12.1 Å². The van der Waals surface area contributed by atoms with E-state index in [1.54, 1.807) is 18.2 Å². The summed E-state index contributed by atoms with van der Waals surface area (Å²) in [5.41, 5.74) is 0.371. The summed E-state index contributed by atoms with van der Waals surface area (Å²) in [6, 6.07) is 6.35. The zero-order chi connectivity index (χ0) is 13.0. The molecule has 2 rings (SSSR count). The molecule has 0 aromatic heterocycles. The molecule has 1 saturated heterocycles. The highest BCUT2D eigenvalue weighted by atomic mass is 19.1. The first-order chi connectivity index (χ1) is 8.74. The van der Waals surface area contributed by atoms with Gasteiger partial charge >= 0.3 is 6.03 Å². The second-order valence-electron chi connectivity index (χ2n) is 4.53. The molecule has 0 saturated carbocycles. The van der Waals surface area contributed by atoms with Crippen LogP contribution in [0.5, 0.6) is 0 Å². The van der Waals surface area contributed by atoms with Crippen LogP contribution in [0.25, 0.3) is 0 Å². The molecule has 98 valence electrons. The molecule has 1 aliphatic rings. The van der Waals surface area contributed by atoms with Gasteiger partial charge in [-0.25, -0.2) is 9.18 Å². The van der Waals surface area contributed by atoms with Crippen LogP contribution >= 0.6 is 0 Å². The first-order valence-corrected chi connectivity index (χ1v) is 6.55. The van der Waals surface area contributed by atoms with Crippen molar-refractivity contribution in [1.82, 2.24) is 4.90 Å². The molecule has 3 nitrogen and oxygen atoms in total. The van der Waals surface area contributed by atoms with Crippen molar-refractivity contribution in [2.45, 2.75) is 26.2 Å². The van der Waals surface area contributed by atoms with E-state index in [4.69, 9.17) is 0 Å². The maximum atomic E-state index is 13.7. The van der Waals surface area contributed by atoms with Crippen LogP contribution in [0, 0.1) is 5.82 Å². The summed E-state index contributed by atoms with van der Waals surface area (Å²) in [7, 11) is 0. The number of carbonyl (C=O) groups is 1. The van der Waals surface area contributed by atoms with Gasteiger partial charge in [-0.05, 0) is 38.3 Å². The number of nitrogens with zero attached hydrogens (tertiary/aromatic N) is 2. The minimum absolute atomic E-state index is 0.0812. The van der Waals surface area contributed by atoms with E-state index in [0.717, 1.165) is 25.9 Å². The van der Waals surface area contributed by atoms with Crippen molar-refractivity contribution in [2.75, 3.05) is 24.5 Å². The summed E-state index contributed by atoms with van der Waals surface area (Å²) in [6.45, 7) is 3.91. The number of likely N-dealkylation sites (tertiary alicyclic amines) is 1. The largest absolute Gasteiger partial charge is 0.324 e. The second-order valence-corrected chi connectivity index (χ2v) is 4.53. The Labute approximate surface area is 107 Å². The van der Waals surface area contributed by atoms with Gasteiger partial charge in [0, 0.05) is 19.6 Å². The molecular weight excluding hydrogens is 231 g/mol. The minimum atomic E-state index is -0.343. The van der Waals surface area contributed by atoms with Gasteiger partial charge in [0.1, 0.15) is 5.82 Å². The fourth-order valence-electron chi connectivity index (χ4n) is 2.34. The fourth-order valence-corrected chi connectivity index (χ4v) is 2.34. The van der Waals surface area contributed by atoms with Crippen molar-refractivity contribution < 1.29 is 9.18 Å². The predicted octanol–water partition coefficient (Wildman–Crippen LogP) is 3.26. The van der Waals surface area contributed by atoms with Gasteiger partial charge in [-0.3, -0.25) is 4.90 Å². The lowest BCUT2D eigenvalue weighted by Gasteiger charge is -2.32. The van der Waals surface area contributed by atoms with Crippen LogP contribution in [-0.2, 0) is 0 Å². The Bertz CT molecular complexity index is 416. The van der Waals surface area contributed by atoms with Crippen LogP contribution in [0.4, 0.5) is 14.9 Å². The number of amides is 2. The van der Waals surface area contributed by atoms with Gasteiger partial charge in [0.15, 0.2) is 0 Å². The number of piperidine rings is 1. The van der Waals surface area contributed by atoms with Crippen LogP contribution in [0.1, 0.15) is 26.2 Å². The van der Waals surface area contributed by atoms with E-state index >= 15 is 0 Å². The fraction of sp³-hybridized carbons (Fsp3) is 0.500. The highest BCUT2D eigenvalue weighted by Gasteiger charge is 2.24. The Balaban J connectivity index is 2.17. The van der Waals surface area contributed by atoms with Crippen LogP contribution < -0.4 is 4.90 Å². The van der Waals surface area contributed by atoms with E-state index in [0.29, 0.717) is 12.2 Å². The summed E-state index contributed by atoms with van der Waals surface area (Å²) >= 11 is 0. The molecule has 0 spiro atoms. The highest BCUT2D eigenvalue weighted by Crippen LogP contribution is 2.21. The summed E-state index contributed by atoms with van der Waals surface area (Å²) in [6.07, 6.45) is 3.26. The van der Waals surface area contributed by atoms with Crippen molar-refractivity contribution in [3.8, 4) is 0 Å². The van der Waals surface area contributed by atoms with Crippen molar-refractivity contribution in [3.63, 3.8) is 0 Å². The third-order valence-corrected chi connectivity index (χ3v) is 3.32. The molecule has 0 atom stereocenters. The van der Waals surface area contributed by atoms with E-state index < -0.39 is 0 Å². The molecule has 1 aromatic rings. The third kappa shape index (κ3) is 2.63. The molecule has 1 heterocycles. The SMILES string of the molecule is CCN(C(=O)N1CCCCC1)c1ccccc1F. The highest BCUT2D eigenvalue weighted by molar-refractivity contribution is 5.92. The van der Waals surface area contributed by atoms with Gasteiger partial charge in [0.2, 0.25) is 0 Å². The summed E-state index contributed by atoms with van der Waals surface area (Å²) in [5, 5.41) is 0. The zero-order valence-electron chi connectivity index (χ0n) is 10.7. The average molecular weight is 250 g/mol.